The van der Waals surface area contributed by atoms with Crippen molar-refractivity contribution in [2.45, 2.75) is 118 Å². The predicted molar refractivity (Wildman–Crippen MR) is 141 cm³/mol. The van der Waals surface area contributed by atoms with Crippen molar-refractivity contribution in [3.05, 3.63) is 12.7 Å². The van der Waals surface area contributed by atoms with Crippen molar-refractivity contribution < 1.29 is 4.43 Å². The zero-order chi connectivity index (χ0) is 23.5. The predicted octanol–water partition coefficient (Wildman–Crippen LogP) is 8.96. The lowest BCUT2D eigenvalue weighted by Gasteiger charge is -2.66. The van der Waals surface area contributed by atoms with Crippen LogP contribution in [0, 0.1) is 58.2 Å². The van der Waals surface area contributed by atoms with E-state index in [2.05, 4.69) is 66.9 Å². The van der Waals surface area contributed by atoms with E-state index < -0.39 is 8.32 Å². The molecule has 32 heavy (non-hydrogen) atoms. The second-order valence-electron chi connectivity index (χ2n) is 14.3. The molecule has 11 atom stereocenters. The van der Waals surface area contributed by atoms with Gasteiger partial charge in [-0.1, -0.05) is 53.5 Å². The van der Waals surface area contributed by atoms with Gasteiger partial charge in [-0.15, -0.1) is 6.58 Å². The standard InChI is InChI=1S/C30H54OSi/c1-10-12-21(4)23-13-14-24-27-25(16-18-29(23,24)5)30(6)17-15-20(3)19-26(30)22(11-2)28(27)31-32(7,8)9/h10,20-28H,1,11-19H2,2-9H3/t20-,21-,22-,23-,24+,25+,26+,27+,28-,29-,30-/m1/s1. The highest BCUT2D eigenvalue weighted by Crippen LogP contribution is 2.70. The van der Waals surface area contributed by atoms with Gasteiger partial charge in [0.15, 0.2) is 8.32 Å². The van der Waals surface area contributed by atoms with Crippen LogP contribution in [0.3, 0.4) is 0 Å². The first-order valence-corrected chi connectivity index (χ1v) is 17.7. The van der Waals surface area contributed by atoms with E-state index in [1.807, 2.05) is 0 Å². The molecule has 0 bridgehead atoms. The molecule has 2 heteroatoms. The highest BCUT2D eigenvalue weighted by molar-refractivity contribution is 6.69. The van der Waals surface area contributed by atoms with Crippen molar-refractivity contribution in [3.63, 3.8) is 0 Å². The highest BCUT2D eigenvalue weighted by Gasteiger charge is 2.65. The Morgan fingerprint density at radius 2 is 1.66 bits per heavy atom. The highest BCUT2D eigenvalue weighted by atomic mass is 28.4. The number of allylic oxidation sites excluding steroid dienone is 1. The van der Waals surface area contributed by atoms with Crippen LogP contribution in [0.5, 0.6) is 0 Å². The van der Waals surface area contributed by atoms with Gasteiger partial charge in [-0.2, -0.15) is 0 Å². The third kappa shape index (κ3) is 4.02. The molecule has 0 aromatic carbocycles. The van der Waals surface area contributed by atoms with Crippen LogP contribution < -0.4 is 0 Å². The van der Waals surface area contributed by atoms with E-state index in [1.165, 1.54) is 57.8 Å². The maximum absolute atomic E-state index is 7.30. The average Bonchev–Trinajstić information content (AvgIpc) is 3.05. The molecule has 0 aromatic rings. The number of fused-ring (bicyclic) bond motifs is 5. The van der Waals surface area contributed by atoms with Gasteiger partial charge in [-0.3, -0.25) is 0 Å². The lowest BCUT2D eigenvalue weighted by Crippen LogP contribution is -2.63. The summed E-state index contributed by atoms with van der Waals surface area (Å²) in [6.07, 6.45) is 15.3. The van der Waals surface area contributed by atoms with Crippen LogP contribution in [0.15, 0.2) is 12.7 Å². The van der Waals surface area contributed by atoms with Gasteiger partial charge in [-0.05, 0) is 123 Å². The summed E-state index contributed by atoms with van der Waals surface area (Å²) in [5.74, 6) is 6.73. The molecule has 0 N–H and O–H groups in total. The number of hydrogen-bond donors (Lipinski definition) is 0. The van der Waals surface area contributed by atoms with Crippen molar-refractivity contribution in [1.82, 2.24) is 0 Å². The molecular formula is C30H54OSi. The monoisotopic (exact) mass is 458 g/mol. The van der Waals surface area contributed by atoms with Gasteiger partial charge in [-0.25, -0.2) is 0 Å². The molecule has 184 valence electrons. The van der Waals surface area contributed by atoms with Crippen LogP contribution in [0.2, 0.25) is 19.6 Å². The summed E-state index contributed by atoms with van der Waals surface area (Å²) < 4.78 is 7.30. The van der Waals surface area contributed by atoms with E-state index in [-0.39, 0.29) is 0 Å². The SMILES string of the molecule is C=CC[C@@H](C)[C@H]1CC[C@H]2[C@@H]3[C@H](O[Si](C)(C)C)[C@H](CC)[C@@H]4C[C@H](C)CC[C@]4(C)[C@H]3CC[C@]12C. The molecule has 0 spiro atoms. The Morgan fingerprint density at radius 3 is 2.28 bits per heavy atom. The zero-order valence-corrected chi connectivity index (χ0v) is 23.8. The van der Waals surface area contributed by atoms with Gasteiger partial charge in [0.25, 0.3) is 0 Å². The minimum Gasteiger partial charge on any atom is -0.414 e. The van der Waals surface area contributed by atoms with Gasteiger partial charge < -0.3 is 4.43 Å². The Kier molecular flexibility index (Phi) is 6.92. The van der Waals surface area contributed by atoms with Crippen LogP contribution in [-0.2, 0) is 4.43 Å². The van der Waals surface area contributed by atoms with Crippen molar-refractivity contribution in [2.24, 2.45) is 58.2 Å². The van der Waals surface area contributed by atoms with Gasteiger partial charge in [0.2, 0.25) is 0 Å². The van der Waals surface area contributed by atoms with Crippen molar-refractivity contribution in [2.75, 3.05) is 0 Å². The maximum Gasteiger partial charge on any atom is 0.184 e. The second kappa shape index (κ2) is 8.85. The van der Waals surface area contributed by atoms with Gasteiger partial charge in [0.05, 0.1) is 6.10 Å². The van der Waals surface area contributed by atoms with Gasteiger partial charge in [0, 0.05) is 0 Å². The molecule has 1 nitrogen and oxygen atoms in total. The molecule has 0 aliphatic heterocycles. The fraction of sp³-hybridized carbons (Fsp3) is 0.933. The molecular weight excluding hydrogens is 404 g/mol. The van der Waals surface area contributed by atoms with Crippen LogP contribution >= 0.6 is 0 Å². The molecule has 0 heterocycles. The van der Waals surface area contributed by atoms with Gasteiger partial charge in [0.1, 0.15) is 0 Å². The van der Waals surface area contributed by atoms with Crippen LogP contribution in [0.1, 0.15) is 92.4 Å². The first-order valence-electron chi connectivity index (χ1n) is 14.2. The smallest absolute Gasteiger partial charge is 0.184 e. The van der Waals surface area contributed by atoms with E-state index in [1.54, 1.807) is 0 Å². The first kappa shape index (κ1) is 25.0. The third-order valence-electron chi connectivity index (χ3n) is 11.4. The van der Waals surface area contributed by atoms with Gasteiger partial charge >= 0.3 is 0 Å². The summed E-state index contributed by atoms with van der Waals surface area (Å²) in [4.78, 5) is 0. The largest absolute Gasteiger partial charge is 0.414 e. The van der Waals surface area contributed by atoms with Crippen molar-refractivity contribution in [1.29, 1.82) is 0 Å². The Bertz CT molecular complexity index is 681. The quantitative estimate of drug-likeness (QED) is 0.285. The summed E-state index contributed by atoms with van der Waals surface area (Å²) in [5, 5.41) is 0. The summed E-state index contributed by atoms with van der Waals surface area (Å²) in [6.45, 7) is 24.4. The Labute approximate surface area is 201 Å². The third-order valence-corrected chi connectivity index (χ3v) is 12.4. The summed E-state index contributed by atoms with van der Waals surface area (Å²) >= 11 is 0. The fourth-order valence-corrected chi connectivity index (χ4v) is 11.3. The summed E-state index contributed by atoms with van der Waals surface area (Å²) in [7, 11) is -1.61. The molecule has 4 aliphatic carbocycles. The van der Waals surface area contributed by atoms with E-state index in [4.69, 9.17) is 4.43 Å². The number of rotatable bonds is 6. The first-order chi connectivity index (χ1) is 15.0. The van der Waals surface area contributed by atoms with Crippen LogP contribution in [0.4, 0.5) is 0 Å². The minimum absolute atomic E-state index is 0.508. The number of hydrogen-bond acceptors (Lipinski definition) is 1. The van der Waals surface area contributed by atoms with Crippen molar-refractivity contribution in [3.8, 4) is 0 Å². The van der Waals surface area contributed by atoms with E-state index in [9.17, 15) is 0 Å². The molecule has 4 rings (SSSR count). The Hall–Kier alpha value is -0.0831. The minimum atomic E-state index is -1.61. The van der Waals surface area contributed by atoms with E-state index >= 15 is 0 Å². The average molecular weight is 459 g/mol. The molecule has 0 aromatic heterocycles. The lowest BCUT2D eigenvalue weighted by atomic mass is 9.41. The molecule has 4 aliphatic rings. The molecule has 0 radical (unpaired) electrons. The van der Waals surface area contributed by atoms with E-state index in [0.717, 1.165) is 47.3 Å². The molecule has 0 unspecified atom stereocenters. The zero-order valence-electron chi connectivity index (χ0n) is 22.8. The Balaban J connectivity index is 1.75. The van der Waals surface area contributed by atoms with Crippen LogP contribution in [-0.4, -0.2) is 14.4 Å². The molecule has 4 fully saturated rings. The Morgan fingerprint density at radius 1 is 1.00 bits per heavy atom. The molecule has 0 amide bonds. The fourth-order valence-electron chi connectivity index (χ4n) is 10.1. The summed E-state index contributed by atoms with van der Waals surface area (Å²) in [5.41, 5.74) is 1.05. The van der Waals surface area contributed by atoms with E-state index in [0.29, 0.717) is 16.9 Å². The second-order valence-corrected chi connectivity index (χ2v) is 18.7. The van der Waals surface area contributed by atoms with Crippen LogP contribution in [0.25, 0.3) is 0 Å². The molecule has 4 saturated carbocycles. The molecule has 0 saturated heterocycles. The lowest BCUT2D eigenvalue weighted by molar-refractivity contribution is -0.193. The van der Waals surface area contributed by atoms with Crippen molar-refractivity contribution >= 4 is 8.32 Å². The topological polar surface area (TPSA) is 9.23 Å². The maximum atomic E-state index is 7.30. The summed E-state index contributed by atoms with van der Waals surface area (Å²) in [6, 6.07) is 0. The normalized spacial score (nSPS) is 49.6.